The number of ether oxygens (including phenoxy) is 1. The van der Waals surface area contributed by atoms with Crippen LogP contribution in [0.4, 0.5) is 0 Å². The van der Waals surface area contributed by atoms with Crippen LogP contribution in [0.1, 0.15) is 24.4 Å². The molecule has 1 saturated heterocycles. The van der Waals surface area contributed by atoms with Crippen molar-refractivity contribution < 1.29 is 4.74 Å². The Morgan fingerprint density at radius 3 is 2.38 bits per heavy atom. The van der Waals surface area contributed by atoms with Gasteiger partial charge >= 0.3 is 0 Å². The summed E-state index contributed by atoms with van der Waals surface area (Å²) in [4.78, 5) is 0. The predicted molar refractivity (Wildman–Crippen MR) is 87.2 cm³/mol. The zero-order valence-electron chi connectivity index (χ0n) is 12.6. The van der Waals surface area contributed by atoms with E-state index < -0.39 is 0 Å². The van der Waals surface area contributed by atoms with Gasteiger partial charge in [-0.3, -0.25) is 0 Å². The third-order valence-electron chi connectivity index (χ3n) is 4.36. The largest absolute Gasteiger partial charge is 0.381 e. The summed E-state index contributed by atoms with van der Waals surface area (Å²) in [6.45, 7) is 1.84. The predicted octanol–water partition coefficient (Wildman–Crippen LogP) is 4.04. The molecule has 0 radical (unpaired) electrons. The second kappa shape index (κ2) is 6.88. The van der Waals surface area contributed by atoms with Gasteiger partial charge in [0.05, 0.1) is 0 Å². The van der Waals surface area contributed by atoms with Crippen LogP contribution in [0.5, 0.6) is 0 Å². The van der Waals surface area contributed by atoms with Crippen molar-refractivity contribution >= 4 is 0 Å². The highest BCUT2D eigenvalue weighted by Gasteiger charge is 2.20. The van der Waals surface area contributed by atoms with E-state index in [2.05, 4.69) is 59.9 Å². The summed E-state index contributed by atoms with van der Waals surface area (Å²) in [5, 5.41) is 3.45. The Hall–Kier alpha value is -1.64. The van der Waals surface area contributed by atoms with Crippen molar-refractivity contribution in [3.8, 4) is 11.1 Å². The van der Waals surface area contributed by atoms with E-state index in [-0.39, 0.29) is 0 Å². The molecular formula is C19H23NO. The summed E-state index contributed by atoms with van der Waals surface area (Å²) in [6.07, 6.45) is 2.35. The molecule has 1 aliphatic rings. The van der Waals surface area contributed by atoms with E-state index in [0.717, 1.165) is 19.6 Å². The van der Waals surface area contributed by atoms with E-state index in [4.69, 9.17) is 4.74 Å². The van der Waals surface area contributed by atoms with Crippen molar-refractivity contribution in [2.24, 2.45) is 5.92 Å². The van der Waals surface area contributed by atoms with Crippen molar-refractivity contribution in [2.45, 2.75) is 18.9 Å². The van der Waals surface area contributed by atoms with E-state index in [1.165, 1.54) is 23.1 Å². The van der Waals surface area contributed by atoms with Crippen molar-refractivity contribution in [3.05, 3.63) is 60.2 Å². The van der Waals surface area contributed by atoms with E-state index in [1.807, 2.05) is 7.05 Å². The highest BCUT2D eigenvalue weighted by Crippen LogP contribution is 2.28. The van der Waals surface area contributed by atoms with Crippen LogP contribution in [0.3, 0.4) is 0 Å². The van der Waals surface area contributed by atoms with Gasteiger partial charge in [0.25, 0.3) is 0 Å². The Balaban J connectivity index is 1.72. The average molecular weight is 281 g/mol. The Morgan fingerprint density at radius 1 is 1.05 bits per heavy atom. The van der Waals surface area contributed by atoms with E-state index >= 15 is 0 Å². The second-order valence-corrected chi connectivity index (χ2v) is 5.79. The van der Waals surface area contributed by atoms with Gasteiger partial charge < -0.3 is 10.1 Å². The summed E-state index contributed by atoms with van der Waals surface area (Å²) < 4.78 is 5.49. The molecule has 1 N–H and O–H groups in total. The number of hydrogen-bond donors (Lipinski definition) is 1. The topological polar surface area (TPSA) is 21.3 Å². The molecule has 2 aromatic rings. The lowest BCUT2D eigenvalue weighted by Crippen LogP contribution is -2.20. The Bertz CT molecular complexity index is 544. The molecule has 0 aliphatic carbocycles. The van der Waals surface area contributed by atoms with Gasteiger partial charge in [0.2, 0.25) is 0 Å². The van der Waals surface area contributed by atoms with E-state index in [9.17, 15) is 0 Å². The van der Waals surface area contributed by atoms with Crippen LogP contribution in [0.25, 0.3) is 11.1 Å². The van der Waals surface area contributed by atoms with Crippen molar-refractivity contribution in [2.75, 3.05) is 20.3 Å². The fraction of sp³-hybridized carbons (Fsp3) is 0.368. The summed E-state index contributed by atoms with van der Waals surface area (Å²) in [5.74, 6) is 0.691. The lowest BCUT2D eigenvalue weighted by Gasteiger charge is -2.20. The van der Waals surface area contributed by atoms with Gasteiger partial charge in [0, 0.05) is 19.3 Å². The first-order valence-corrected chi connectivity index (χ1v) is 7.77. The average Bonchev–Trinajstić information content (AvgIpc) is 3.07. The molecule has 0 spiro atoms. The molecule has 1 fully saturated rings. The molecule has 0 bridgehead atoms. The third-order valence-corrected chi connectivity index (χ3v) is 4.36. The minimum atomic E-state index is 0.418. The molecule has 2 unspecified atom stereocenters. The normalized spacial score (nSPS) is 19.6. The standard InChI is InChI=1S/C19H23NO/c1-20-19(13-15-11-12-21-14-15)18-9-7-17(8-10-18)16-5-3-2-4-6-16/h2-10,15,19-20H,11-14H2,1H3. The summed E-state index contributed by atoms with van der Waals surface area (Å²) >= 11 is 0. The third kappa shape index (κ3) is 3.52. The summed E-state index contributed by atoms with van der Waals surface area (Å²) in [7, 11) is 2.05. The molecule has 0 amide bonds. The lowest BCUT2D eigenvalue weighted by atomic mass is 9.93. The van der Waals surface area contributed by atoms with Crippen LogP contribution < -0.4 is 5.32 Å². The molecule has 3 rings (SSSR count). The van der Waals surface area contributed by atoms with Crippen molar-refractivity contribution in [1.82, 2.24) is 5.32 Å². The SMILES string of the molecule is CNC(CC1CCOC1)c1ccc(-c2ccccc2)cc1. The fourth-order valence-electron chi connectivity index (χ4n) is 3.06. The Morgan fingerprint density at radius 2 is 1.76 bits per heavy atom. The Labute approximate surface area is 127 Å². The monoisotopic (exact) mass is 281 g/mol. The van der Waals surface area contributed by atoms with Gasteiger partial charge in [0.15, 0.2) is 0 Å². The van der Waals surface area contributed by atoms with Gasteiger partial charge in [-0.15, -0.1) is 0 Å². The maximum absolute atomic E-state index is 5.49. The van der Waals surface area contributed by atoms with Crippen molar-refractivity contribution in [3.63, 3.8) is 0 Å². The highest BCUT2D eigenvalue weighted by molar-refractivity contribution is 5.63. The maximum atomic E-state index is 5.49. The van der Waals surface area contributed by atoms with Gasteiger partial charge in [-0.2, -0.15) is 0 Å². The number of benzene rings is 2. The van der Waals surface area contributed by atoms with Gasteiger partial charge in [-0.05, 0) is 42.5 Å². The number of nitrogens with one attached hydrogen (secondary N) is 1. The first-order chi connectivity index (χ1) is 10.4. The van der Waals surface area contributed by atoms with Gasteiger partial charge in [-0.1, -0.05) is 54.6 Å². The van der Waals surface area contributed by atoms with Crippen LogP contribution in [0, 0.1) is 5.92 Å². The molecular weight excluding hydrogens is 258 g/mol. The lowest BCUT2D eigenvalue weighted by molar-refractivity contribution is 0.181. The molecule has 21 heavy (non-hydrogen) atoms. The Kier molecular flexibility index (Phi) is 4.69. The minimum Gasteiger partial charge on any atom is -0.381 e. The molecule has 1 aliphatic heterocycles. The quantitative estimate of drug-likeness (QED) is 0.893. The first-order valence-electron chi connectivity index (χ1n) is 7.77. The van der Waals surface area contributed by atoms with Crippen LogP contribution in [0.2, 0.25) is 0 Å². The fourth-order valence-corrected chi connectivity index (χ4v) is 3.06. The molecule has 2 heteroatoms. The second-order valence-electron chi connectivity index (χ2n) is 5.79. The minimum absolute atomic E-state index is 0.418. The molecule has 0 aromatic heterocycles. The number of hydrogen-bond acceptors (Lipinski definition) is 2. The smallest absolute Gasteiger partial charge is 0.0495 e. The first kappa shape index (κ1) is 14.3. The molecule has 0 saturated carbocycles. The van der Waals surface area contributed by atoms with Crippen LogP contribution in [0.15, 0.2) is 54.6 Å². The molecule has 2 nitrogen and oxygen atoms in total. The maximum Gasteiger partial charge on any atom is 0.0495 e. The highest BCUT2D eigenvalue weighted by atomic mass is 16.5. The van der Waals surface area contributed by atoms with Gasteiger partial charge in [0.1, 0.15) is 0 Å². The van der Waals surface area contributed by atoms with E-state index in [1.54, 1.807) is 0 Å². The van der Waals surface area contributed by atoms with E-state index in [0.29, 0.717) is 12.0 Å². The zero-order valence-corrected chi connectivity index (χ0v) is 12.6. The summed E-state index contributed by atoms with van der Waals surface area (Å²) in [5.41, 5.74) is 3.91. The van der Waals surface area contributed by atoms with Crippen molar-refractivity contribution in [1.29, 1.82) is 0 Å². The van der Waals surface area contributed by atoms with Gasteiger partial charge in [-0.25, -0.2) is 0 Å². The van der Waals surface area contributed by atoms with Crippen LogP contribution in [-0.2, 0) is 4.74 Å². The zero-order chi connectivity index (χ0) is 14.5. The van der Waals surface area contributed by atoms with Crippen LogP contribution in [-0.4, -0.2) is 20.3 Å². The molecule has 2 aromatic carbocycles. The molecule has 2 atom stereocenters. The summed E-state index contributed by atoms with van der Waals surface area (Å²) in [6, 6.07) is 19.9. The van der Waals surface area contributed by atoms with Crippen LogP contribution >= 0.6 is 0 Å². The number of rotatable bonds is 5. The molecule has 110 valence electrons. The molecule has 1 heterocycles.